The first-order chi connectivity index (χ1) is 13.5. The van der Waals surface area contributed by atoms with Crippen LogP contribution < -0.4 is 9.64 Å². The fraction of sp³-hybridized carbons (Fsp3) is 0.474. The fourth-order valence-electron chi connectivity index (χ4n) is 4.28. The van der Waals surface area contributed by atoms with Crippen LogP contribution in [0, 0.1) is 11.8 Å². The minimum atomic E-state index is -1.93. The van der Waals surface area contributed by atoms with Crippen LogP contribution in [-0.2, 0) is 9.59 Å². The second kappa shape index (κ2) is 7.08. The Labute approximate surface area is 197 Å². The highest BCUT2D eigenvalue weighted by Gasteiger charge is 2.87. The fourth-order valence-corrected chi connectivity index (χ4v) is 7.20. The van der Waals surface area contributed by atoms with Crippen molar-refractivity contribution in [2.75, 3.05) is 11.5 Å². The van der Waals surface area contributed by atoms with Crippen molar-refractivity contribution < 1.29 is 14.3 Å². The summed E-state index contributed by atoms with van der Waals surface area (Å²) in [5.41, 5.74) is 0.360. The van der Waals surface area contributed by atoms with E-state index in [0.29, 0.717) is 18.0 Å². The SMILES string of the molecule is CCCCOc1ccc(N2C(=O)[C@@H]3[C@@H](C2=O)[C@]2(Cl)C(Cl)=C(Cl)[C@]3(Cl)C2(Cl)Cl)cc1. The molecule has 0 aromatic heterocycles. The number of imide groups is 1. The summed E-state index contributed by atoms with van der Waals surface area (Å²) in [6.07, 6.45) is 1.94. The maximum absolute atomic E-state index is 13.3. The zero-order valence-electron chi connectivity index (χ0n) is 15.0. The maximum Gasteiger partial charge on any atom is 0.240 e. The Morgan fingerprint density at radius 1 is 0.931 bits per heavy atom. The van der Waals surface area contributed by atoms with Gasteiger partial charge in [-0.3, -0.25) is 9.59 Å². The number of unbranched alkanes of at least 4 members (excludes halogenated alkanes) is 1. The summed E-state index contributed by atoms with van der Waals surface area (Å²) in [5, 5.41) is -0.213. The van der Waals surface area contributed by atoms with Crippen molar-refractivity contribution in [1.29, 1.82) is 0 Å². The van der Waals surface area contributed by atoms with E-state index in [9.17, 15) is 9.59 Å². The van der Waals surface area contributed by atoms with Gasteiger partial charge in [0.2, 0.25) is 11.8 Å². The van der Waals surface area contributed by atoms with Gasteiger partial charge in [-0.15, -0.1) is 23.2 Å². The third-order valence-corrected chi connectivity index (χ3v) is 10.0. The molecule has 1 saturated heterocycles. The first-order valence-electron chi connectivity index (χ1n) is 8.97. The van der Waals surface area contributed by atoms with Crippen LogP contribution in [-0.4, -0.2) is 32.5 Å². The molecule has 4 atom stereocenters. The molecule has 156 valence electrons. The highest BCUT2D eigenvalue weighted by Crippen LogP contribution is 2.77. The number of alkyl halides is 4. The average molecular weight is 518 g/mol. The molecule has 0 spiro atoms. The van der Waals surface area contributed by atoms with Gasteiger partial charge in [-0.05, 0) is 30.7 Å². The van der Waals surface area contributed by atoms with E-state index in [1.807, 2.05) is 0 Å². The number of hydrogen-bond donors (Lipinski definition) is 0. The van der Waals surface area contributed by atoms with Crippen LogP contribution in [0.2, 0.25) is 0 Å². The van der Waals surface area contributed by atoms with Crippen LogP contribution in [0.4, 0.5) is 5.69 Å². The molecule has 4 rings (SSSR count). The van der Waals surface area contributed by atoms with E-state index in [1.165, 1.54) is 0 Å². The monoisotopic (exact) mass is 515 g/mol. The number of ether oxygens (including phenoxy) is 1. The summed E-state index contributed by atoms with van der Waals surface area (Å²) >= 11 is 38.9. The van der Waals surface area contributed by atoms with Crippen LogP contribution >= 0.6 is 69.6 Å². The lowest BCUT2D eigenvalue weighted by Gasteiger charge is -2.34. The first kappa shape index (κ1) is 21.9. The standard InChI is InChI=1S/C19H15Cl6NO3/c1-2-3-8-29-10-6-4-9(5-7-10)26-15(27)11-12(16(26)28)18(23)14(21)13(20)17(11,22)19(18,24)25/h4-7,11-12H,2-3,8H2,1H3/t11-,12-,17-,18-/m0/s1. The van der Waals surface area contributed by atoms with Crippen molar-refractivity contribution in [3.63, 3.8) is 0 Å². The molecule has 2 fully saturated rings. The van der Waals surface area contributed by atoms with Gasteiger partial charge in [0.15, 0.2) is 4.33 Å². The Morgan fingerprint density at radius 2 is 1.41 bits per heavy atom. The molecule has 1 aromatic carbocycles. The van der Waals surface area contributed by atoms with E-state index in [-0.39, 0.29) is 10.1 Å². The number of carbonyl (C=O) groups excluding carboxylic acids is 2. The Balaban J connectivity index is 1.69. The van der Waals surface area contributed by atoms with Crippen molar-refractivity contribution in [3.05, 3.63) is 34.3 Å². The van der Waals surface area contributed by atoms with E-state index >= 15 is 0 Å². The lowest BCUT2D eigenvalue weighted by atomic mass is 9.84. The lowest BCUT2D eigenvalue weighted by molar-refractivity contribution is -0.123. The number of rotatable bonds is 5. The van der Waals surface area contributed by atoms with Crippen LogP contribution in [0.1, 0.15) is 19.8 Å². The number of benzene rings is 1. The molecule has 4 nitrogen and oxygen atoms in total. The Bertz CT molecular complexity index is 886. The molecule has 1 heterocycles. The highest BCUT2D eigenvalue weighted by molar-refractivity contribution is 6.67. The third kappa shape index (κ3) is 2.54. The number of nitrogens with zero attached hydrogens (tertiary/aromatic N) is 1. The molecular weight excluding hydrogens is 503 g/mol. The number of fused-ring (bicyclic) bond motifs is 5. The van der Waals surface area contributed by atoms with Crippen molar-refractivity contribution in [1.82, 2.24) is 0 Å². The summed E-state index contributed by atoms with van der Waals surface area (Å²) in [5.74, 6) is -2.80. The zero-order valence-corrected chi connectivity index (χ0v) is 19.6. The smallest absolute Gasteiger partial charge is 0.240 e. The molecular formula is C19H15Cl6NO3. The summed E-state index contributed by atoms with van der Waals surface area (Å²) in [6, 6.07) is 6.61. The van der Waals surface area contributed by atoms with Gasteiger partial charge < -0.3 is 4.74 Å². The molecule has 1 aromatic rings. The predicted molar refractivity (Wildman–Crippen MR) is 117 cm³/mol. The number of carbonyl (C=O) groups is 2. The van der Waals surface area contributed by atoms with Gasteiger partial charge in [0.1, 0.15) is 15.5 Å². The maximum atomic E-state index is 13.3. The van der Waals surface area contributed by atoms with Crippen LogP contribution in [0.3, 0.4) is 0 Å². The Morgan fingerprint density at radius 3 is 1.86 bits per heavy atom. The van der Waals surface area contributed by atoms with E-state index < -0.39 is 37.7 Å². The average Bonchev–Trinajstić information content (AvgIpc) is 3.07. The quantitative estimate of drug-likeness (QED) is 0.281. The highest BCUT2D eigenvalue weighted by atomic mass is 35.5. The molecule has 0 radical (unpaired) electrons. The summed E-state index contributed by atoms with van der Waals surface area (Å²) in [4.78, 5) is 24.0. The molecule has 0 unspecified atom stereocenters. The van der Waals surface area contributed by atoms with E-state index in [1.54, 1.807) is 24.3 Å². The van der Waals surface area contributed by atoms with Crippen molar-refractivity contribution in [2.24, 2.45) is 11.8 Å². The minimum Gasteiger partial charge on any atom is -0.494 e. The van der Waals surface area contributed by atoms with Crippen LogP contribution in [0.25, 0.3) is 0 Å². The molecule has 2 bridgehead atoms. The van der Waals surface area contributed by atoms with Crippen molar-refractivity contribution in [3.8, 4) is 5.75 Å². The lowest BCUT2D eigenvalue weighted by Crippen LogP contribution is -2.50. The largest absolute Gasteiger partial charge is 0.494 e. The van der Waals surface area contributed by atoms with Gasteiger partial charge in [0.25, 0.3) is 0 Å². The van der Waals surface area contributed by atoms with Gasteiger partial charge in [-0.2, -0.15) is 0 Å². The Hall–Kier alpha value is -0.360. The molecule has 3 aliphatic rings. The number of hydrogen-bond acceptors (Lipinski definition) is 3. The topological polar surface area (TPSA) is 46.6 Å². The van der Waals surface area contributed by atoms with Gasteiger partial charge in [-0.1, -0.05) is 59.7 Å². The van der Waals surface area contributed by atoms with E-state index in [2.05, 4.69) is 6.92 Å². The molecule has 1 aliphatic heterocycles. The Kier molecular flexibility index (Phi) is 5.34. The molecule has 10 heteroatoms. The summed E-state index contributed by atoms with van der Waals surface area (Å²) in [6.45, 7) is 2.65. The van der Waals surface area contributed by atoms with Gasteiger partial charge in [0.05, 0.1) is 34.2 Å². The normalized spacial score (nSPS) is 34.9. The summed E-state index contributed by atoms with van der Waals surface area (Å²) in [7, 11) is 0. The molecule has 0 N–H and O–H groups in total. The number of amides is 2. The van der Waals surface area contributed by atoms with E-state index in [0.717, 1.165) is 17.7 Å². The van der Waals surface area contributed by atoms with Crippen LogP contribution in [0.15, 0.2) is 34.3 Å². The van der Waals surface area contributed by atoms with E-state index in [4.69, 9.17) is 74.3 Å². The molecule has 2 aliphatic carbocycles. The molecule has 29 heavy (non-hydrogen) atoms. The van der Waals surface area contributed by atoms with Crippen LogP contribution in [0.5, 0.6) is 5.75 Å². The molecule has 1 saturated carbocycles. The number of anilines is 1. The predicted octanol–water partition coefficient (Wildman–Crippen LogP) is 5.82. The zero-order chi connectivity index (χ0) is 21.4. The molecule has 2 amide bonds. The van der Waals surface area contributed by atoms with Gasteiger partial charge >= 0.3 is 0 Å². The van der Waals surface area contributed by atoms with Crippen molar-refractivity contribution in [2.45, 2.75) is 33.8 Å². The van der Waals surface area contributed by atoms with Gasteiger partial charge in [-0.25, -0.2) is 4.90 Å². The number of allylic oxidation sites excluding steroid dienone is 2. The second-order valence-electron chi connectivity index (χ2n) is 7.29. The third-order valence-electron chi connectivity index (χ3n) is 5.77. The first-order valence-corrected chi connectivity index (χ1v) is 11.2. The second-order valence-corrected chi connectivity index (χ2v) is 10.6. The van der Waals surface area contributed by atoms with Crippen molar-refractivity contribution >= 4 is 87.1 Å². The minimum absolute atomic E-state index is 0.107. The number of halogens is 6. The van der Waals surface area contributed by atoms with Gasteiger partial charge in [0, 0.05) is 0 Å². The summed E-state index contributed by atoms with van der Waals surface area (Å²) < 4.78 is 3.69.